The van der Waals surface area contributed by atoms with Crippen LogP contribution in [0.3, 0.4) is 0 Å². The summed E-state index contributed by atoms with van der Waals surface area (Å²) in [4.78, 5) is 26.0. The largest absolute Gasteiger partial charge is 0.478 e. The van der Waals surface area contributed by atoms with Gasteiger partial charge in [-0.25, -0.2) is 4.79 Å². The molecule has 0 aliphatic carbocycles. The Balaban J connectivity index is 1.60. The third-order valence-electron chi connectivity index (χ3n) is 4.81. The normalized spacial score (nSPS) is 13.7. The van der Waals surface area contributed by atoms with E-state index in [9.17, 15) is 14.7 Å². The molecule has 1 amide bonds. The molecule has 126 valence electrons. The Labute approximate surface area is 145 Å². The number of nitrogens with zero attached hydrogens (tertiary/aromatic N) is 2. The maximum Gasteiger partial charge on any atom is 0.337 e. The van der Waals surface area contributed by atoms with Crippen molar-refractivity contribution in [2.24, 2.45) is 0 Å². The van der Waals surface area contributed by atoms with E-state index in [0.717, 1.165) is 11.9 Å². The van der Waals surface area contributed by atoms with Crippen molar-refractivity contribution in [2.45, 2.75) is 19.5 Å². The van der Waals surface area contributed by atoms with Crippen LogP contribution in [0.25, 0.3) is 10.9 Å². The fourth-order valence-corrected chi connectivity index (χ4v) is 3.50. The number of amides is 1. The molecule has 1 N–H and O–H groups in total. The molecule has 2 aromatic carbocycles. The Kier molecular flexibility index (Phi) is 3.76. The highest BCUT2D eigenvalue weighted by Crippen LogP contribution is 2.23. The Bertz CT molecular complexity index is 974. The first-order chi connectivity index (χ1) is 12.1. The molecular formula is C20H18N2O3. The lowest BCUT2D eigenvalue weighted by Gasteiger charge is -2.29. The van der Waals surface area contributed by atoms with Gasteiger partial charge in [-0.05, 0) is 23.6 Å². The lowest BCUT2D eigenvalue weighted by Crippen LogP contribution is -2.37. The number of para-hydroxylation sites is 1. The third kappa shape index (κ3) is 2.78. The van der Waals surface area contributed by atoms with Crippen molar-refractivity contribution in [3.8, 4) is 0 Å². The molecule has 0 radical (unpaired) electrons. The number of carbonyl (C=O) groups is 2. The van der Waals surface area contributed by atoms with Gasteiger partial charge in [-0.2, -0.15) is 0 Å². The predicted octanol–water partition coefficient (Wildman–Crippen LogP) is 2.92. The first kappa shape index (κ1) is 15.4. The number of carbonyl (C=O) groups excluding carboxylic acids is 1. The molecule has 25 heavy (non-hydrogen) atoms. The van der Waals surface area contributed by atoms with Crippen LogP contribution in [0.15, 0.2) is 54.7 Å². The molecule has 5 nitrogen and oxygen atoms in total. The average molecular weight is 334 g/mol. The minimum atomic E-state index is -0.978. The van der Waals surface area contributed by atoms with Crippen LogP contribution in [0.4, 0.5) is 0 Å². The summed E-state index contributed by atoms with van der Waals surface area (Å²) in [5.74, 6) is -0.971. The van der Waals surface area contributed by atoms with E-state index in [1.54, 1.807) is 16.8 Å². The molecule has 0 unspecified atom stereocenters. The van der Waals surface area contributed by atoms with E-state index < -0.39 is 5.97 Å². The molecule has 0 bridgehead atoms. The van der Waals surface area contributed by atoms with Crippen molar-refractivity contribution in [1.29, 1.82) is 0 Å². The number of fused-ring (bicyclic) bond motifs is 2. The Hall–Kier alpha value is -3.08. The second-order valence-corrected chi connectivity index (χ2v) is 6.33. The van der Waals surface area contributed by atoms with Crippen molar-refractivity contribution >= 4 is 22.8 Å². The van der Waals surface area contributed by atoms with Crippen LogP contribution >= 0.6 is 0 Å². The van der Waals surface area contributed by atoms with Gasteiger partial charge in [0.15, 0.2) is 0 Å². The molecule has 0 spiro atoms. The summed E-state index contributed by atoms with van der Waals surface area (Å²) in [5.41, 5.74) is 3.48. The fraction of sp³-hybridized carbons (Fsp3) is 0.200. The summed E-state index contributed by atoms with van der Waals surface area (Å²) >= 11 is 0. The first-order valence-corrected chi connectivity index (χ1v) is 8.29. The number of benzene rings is 2. The van der Waals surface area contributed by atoms with Crippen LogP contribution in [0.2, 0.25) is 0 Å². The molecule has 5 heteroatoms. The first-order valence-electron chi connectivity index (χ1n) is 8.29. The van der Waals surface area contributed by atoms with Gasteiger partial charge >= 0.3 is 5.97 Å². The topological polar surface area (TPSA) is 62.5 Å². The molecule has 4 rings (SSSR count). The third-order valence-corrected chi connectivity index (χ3v) is 4.81. The van der Waals surface area contributed by atoms with E-state index in [0.29, 0.717) is 18.5 Å². The van der Waals surface area contributed by atoms with Crippen LogP contribution in [0.5, 0.6) is 0 Å². The van der Waals surface area contributed by atoms with Gasteiger partial charge < -0.3 is 14.6 Å². The standard InChI is InChI=1S/C20H18N2O3/c23-19(21-10-9-14-5-1-2-6-15(14)11-21)13-22-12-17(20(24)25)16-7-3-4-8-18(16)22/h1-8,12H,9-11,13H2,(H,24,25). The predicted molar refractivity (Wildman–Crippen MR) is 94.5 cm³/mol. The number of rotatable bonds is 3. The van der Waals surface area contributed by atoms with Crippen molar-refractivity contribution in [3.05, 3.63) is 71.4 Å². The smallest absolute Gasteiger partial charge is 0.337 e. The van der Waals surface area contributed by atoms with Crippen molar-refractivity contribution in [2.75, 3.05) is 6.54 Å². The molecule has 1 aromatic heterocycles. The lowest BCUT2D eigenvalue weighted by molar-refractivity contribution is -0.132. The van der Waals surface area contributed by atoms with Crippen LogP contribution in [0, 0.1) is 0 Å². The van der Waals surface area contributed by atoms with Crippen LogP contribution in [0.1, 0.15) is 21.5 Å². The van der Waals surface area contributed by atoms with E-state index in [1.165, 1.54) is 11.1 Å². The number of aromatic carboxylic acids is 1. The number of hydrogen-bond donors (Lipinski definition) is 1. The summed E-state index contributed by atoms with van der Waals surface area (Å²) in [5, 5.41) is 10.0. The summed E-state index contributed by atoms with van der Waals surface area (Å²) in [6, 6.07) is 15.5. The monoisotopic (exact) mass is 334 g/mol. The second-order valence-electron chi connectivity index (χ2n) is 6.33. The van der Waals surface area contributed by atoms with Crippen LogP contribution < -0.4 is 0 Å². The van der Waals surface area contributed by atoms with Gasteiger partial charge in [-0.15, -0.1) is 0 Å². The van der Waals surface area contributed by atoms with Gasteiger partial charge in [0.25, 0.3) is 0 Å². The molecule has 0 saturated carbocycles. The van der Waals surface area contributed by atoms with Crippen molar-refractivity contribution < 1.29 is 14.7 Å². The molecule has 0 fully saturated rings. The van der Waals surface area contributed by atoms with Gasteiger partial charge in [0.1, 0.15) is 6.54 Å². The van der Waals surface area contributed by atoms with E-state index in [2.05, 4.69) is 12.1 Å². The van der Waals surface area contributed by atoms with Crippen molar-refractivity contribution in [1.82, 2.24) is 9.47 Å². The summed E-state index contributed by atoms with van der Waals surface area (Å²) < 4.78 is 1.74. The van der Waals surface area contributed by atoms with E-state index in [1.807, 2.05) is 35.2 Å². The maximum atomic E-state index is 12.8. The number of aromatic nitrogens is 1. The Morgan fingerprint density at radius 2 is 1.72 bits per heavy atom. The highest BCUT2D eigenvalue weighted by Gasteiger charge is 2.22. The lowest BCUT2D eigenvalue weighted by atomic mass is 10.00. The quantitative estimate of drug-likeness (QED) is 0.801. The SMILES string of the molecule is O=C(O)c1cn(CC(=O)N2CCc3ccccc3C2)c2ccccc12. The zero-order valence-corrected chi connectivity index (χ0v) is 13.7. The molecule has 0 atom stereocenters. The number of carboxylic acids is 1. The van der Waals surface area contributed by atoms with Crippen LogP contribution in [-0.2, 0) is 24.3 Å². The molecule has 2 heterocycles. The van der Waals surface area contributed by atoms with Crippen LogP contribution in [-0.4, -0.2) is 33.0 Å². The fourth-order valence-electron chi connectivity index (χ4n) is 3.50. The maximum absolute atomic E-state index is 12.8. The Morgan fingerprint density at radius 1 is 1.00 bits per heavy atom. The zero-order valence-electron chi connectivity index (χ0n) is 13.7. The minimum Gasteiger partial charge on any atom is -0.478 e. The van der Waals surface area contributed by atoms with Gasteiger partial charge in [0.2, 0.25) is 5.91 Å². The highest BCUT2D eigenvalue weighted by molar-refractivity contribution is 6.03. The molecule has 1 aliphatic heterocycles. The van der Waals surface area contributed by atoms with Gasteiger partial charge in [-0.3, -0.25) is 4.79 Å². The van der Waals surface area contributed by atoms with E-state index >= 15 is 0 Å². The molecule has 1 aliphatic rings. The molecular weight excluding hydrogens is 316 g/mol. The zero-order chi connectivity index (χ0) is 17.4. The highest BCUT2D eigenvalue weighted by atomic mass is 16.4. The summed E-state index contributed by atoms with van der Waals surface area (Å²) in [7, 11) is 0. The summed E-state index contributed by atoms with van der Waals surface area (Å²) in [6.45, 7) is 1.46. The van der Waals surface area contributed by atoms with Gasteiger partial charge in [0.05, 0.1) is 5.56 Å². The van der Waals surface area contributed by atoms with E-state index in [4.69, 9.17) is 0 Å². The van der Waals surface area contributed by atoms with Gasteiger partial charge in [-0.1, -0.05) is 42.5 Å². The minimum absolute atomic E-state index is 0.00666. The Morgan fingerprint density at radius 3 is 2.52 bits per heavy atom. The summed E-state index contributed by atoms with van der Waals surface area (Å²) in [6.07, 6.45) is 2.41. The number of hydrogen-bond acceptors (Lipinski definition) is 2. The van der Waals surface area contributed by atoms with Crippen molar-refractivity contribution in [3.63, 3.8) is 0 Å². The molecule has 0 saturated heterocycles. The molecule has 3 aromatic rings. The van der Waals surface area contributed by atoms with E-state index in [-0.39, 0.29) is 18.0 Å². The number of carboxylic acid groups (broad SMARTS) is 1. The average Bonchev–Trinajstić information content (AvgIpc) is 3.00. The second kappa shape index (κ2) is 6.09. The van der Waals surface area contributed by atoms with Gasteiger partial charge in [0, 0.05) is 30.2 Å².